The van der Waals surface area contributed by atoms with Gasteiger partial charge in [-0.2, -0.15) is 0 Å². The molecule has 1 atom stereocenters. The number of unbranched alkanes of at least 4 members (excludes halogenated alkanes) is 32. The monoisotopic (exact) mass is 991 g/mol. The summed E-state index contributed by atoms with van der Waals surface area (Å²) in [6.45, 7) is 6.59. The van der Waals surface area contributed by atoms with E-state index in [1.807, 2.05) is 0 Å². The molecule has 0 spiro atoms. The van der Waals surface area contributed by atoms with E-state index in [1.54, 1.807) is 0 Å². The van der Waals surface area contributed by atoms with E-state index in [1.165, 1.54) is 173 Å². The second-order valence-corrected chi connectivity index (χ2v) is 20.2. The van der Waals surface area contributed by atoms with Gasteiger partial charge in [-0.05, 0) is 116 Å². The number of allylic oxidation sites excluding steroid dienone is 12. The molecule has 6 heteroatoms. The lowest BCUT2D eigenvalue weighted by Gasteiger charge is -2.18. The van der Waals surface area contributed by atoms with Crippen LogP contribution in [0.25, 0.3) is 0 Å². The molecule has 0 saturated carbocycles. The third kappa shape index (κ3) is 57.6. The van der Waals surface area contributed by atoms with Crippen molar-refractivity contribution in [1.29, 1.82) is 0 Å². The molecule has 0 heterocycles. The molecule has 0 bridgehead atoms. The van der Waals surface area contributed by atoms with Gasteiger partial charge in [-0.15, -0.1) is 0 Å². The number of rotatable bonds is 55. The molecule has 0 rings (SSSR count). The van der Waals surface area contributed by atoms with E-state index >= 15 is 0 Å². The van der Waals surface area contributed by atoms with Crippen LogP contribution >= 0.6 is 0 Å². The topological polar surface area (TPSA) is 78.9 Å². The standard InChI is InChI=1S/C65H114O6/c1-4-7-10-13-16-19-22-25-28-31-32-35-37-40-43-46-49-52-55-58-64(67)70-61-62(71-65(68)59-56-53-50-47-44-41-38-34-30-27-24-21-18-15-12-9-6-3)60-69-63(66)57-54-51-48-45-42-39-36-33-29-26-23-20-17-14-11-8-5-2/h16,18-19,21,25-30,38,41,62H,4-15,17,20,22-24,31-37,39-40,42-61H2,1-3H3/b19-16+,21-18+,28-25+,29-26+,30-27+,41-38+/t62-/m1/s1. The van der Waals surface area contributed by atoms with Crippen LogP contribution in [-0.4, -0.2) is 37.2 Å². The molecule has 0 aliphatic rings. The molecule has 0 radical (unpaired) electrons. The second-order valence-electron chi connectivity index (χ2n) is 20.2. The minimum absolute atomic E-state index is 0.0872. The minimum Gasteiger partial charge on any atom is -0.462 e. The molecule has 0 aromatic rings. The van der Waals surface area contributed by atoms with Gasteiger partial charge in [0.15, 0.2) is 6.10 Å². The summed E-state index contributed by atoms with van der Waals surface area (Å²) in [6, 6.07) is 0. The Labute approximate surface area is 440 Å². The molecule has 0 N–H and O–H groups in total. The summed E-state index contributed by atoms with van der Waals surface area (Å²) < 4.78 is 16.9. The lowest BCUT2D eigenvalue weighted by molar-refractivity contribution is -0.167. The predicted molar refractivity (Wildman–Crippen MR) is 307 cm³/mol. The number of hydrogen-bond acceptors (Lipinski definition) is 6. The van der Waals surface area contributed by atoms with Gasteiger partial charge in [0.05, 0.1) is 0 Å². The highest BCUT2D eigenvalue weighted by molar-refractivity contribution is 5.71. The highest BCUT2D eigenvalue weighted by atomic mass is 16.6. The van der Waals surface area contributed by atoms with E-state index < -0.39 is 6.10 Å². The Kier molecular flexibility index (Phi) is 56.8. The Morgan fingerprint density at radius 1 is 0.282 bits per heavy atom. The summed E-state index contributed by atoms with van der Waals surface area (Å²) in [5.74, 6) is -0.906. The van der Waals surface area contributed by atoms with Gasteiger partial charge in [0, 0.05) is 19.3 Å². The lowest BCUT2D eigenvalue weighted by atomic mass is 10.1. The zero-order chi connectivity index (χ0) is 51.4. The maximum Gasteiger partial charge on any atom is 0.306 e. The van der Waals surface area contributed by atoms with Crippen LogP contribution in [0, 0.1) is 0 Å². The van der Waals surface area contributed by atoms with Crippen molar-refractivity contribution in [3.05, 3.63) is 72.9 Å². The van der Waals surface area contributed by atoms with Crippen molar-refractivity contribution in [2.24, 2.45) is 0 Å². The van der Waals surface area contributed by atoms with Gasteiger partial charge < -0.3 is 14.2 Å². The average Bonchev–Trinajstić information content (AvgIpc) is 3.37. The van der Waals surface area contributed by atoms with Crippen molar-refractivity contribution in [3.63, 3.8) is 0 Å². The van der Waals surface area contributed by atoms with Crippen LogP contribution in [0.5, 0.6) is 0 Å². The normalized spacial score (nSPS) is 12.5. The van der Waals surface area contributed by atoms with Crippen LogP contribution in [0.3, 0.4) is 0 Å². The average molecular weight is 992 g/mol. The molecule has 0 aromatic carbocycles. The van der Waals surface area contributed by atoms with E-state index in [-0.39, 0.29) is 31.1 Å². The van der Waals surface area contributed by atoms with E-state index in [4.69, 9.17) is 14.2 Å². The van der Waals surface area contributed by atoms with Crippen LogP contribution in [-0.2, 0) is 28.6 Å². The predicted octanol–water partition coefficient (Wildman–Crippen LogP) is 20.5. The minimum atomic E-state index is -0.792. The molecule has 0 unspecified atom stereocenters. The number of carbonyl (C=O) groups excluding carboxylic acids is 3. The highest BCUT2D eigenvalue weighted by Crippen LogP contribution is 2.15. The zero-order valence-electron chi connectivity index (χ0n) is 47.0. The number of carbonyl (C=O) groups is 3. The number of ether oxygens (including phenoxy) is 3. The van der Waals surface area contributed by atoms with E-state index in [0.29, 0.717) is 19.3 Å². The molecule has 0 amide bonds. The van der Waals surface area contributed by atoms with Gasteiger partial charge in [0.2, 0.25) is 0 Å². The molecular weight excluding hydrogens is 877 g/mol. The summed E-state index contributed by atoms with van der Waals surface area (Å²) >= 11 is 0. The Hall–Kier alpha value is -3.15. The Morgan fingerprint density at radius 2 is 0.507 bits per heavy atom. The molecule has 71 heavy (non-hydrogen) atoms. The van der Waals surface area contributed by atoms with Gasteiger partial charge in [-0.3, -0.25) is 14.4 Å². The van der Waals surface area contributed by atoms with Crippen molar-refractivity contribution < 1.29 is 28.6 Å². The van der Waals surface area contributed by atoms with Gasteiger partial charge in [0.25, 0.3) is 0 Å². The molecule has 0 fully saturated rings. The number of hydrogen-bond donors (Lipinski definition) is 0. The third-order valence-corrected chi connectivity index (χ3v) is 13.2. The van der Waals surface area contributed by atoms with Gasteiger partial charge >= 0.3 is 17.9 Å². The van der Waals surface area contributed by atoms with Crippen molar-refractivity contribution in [2.45, 2.75) is 309 Å². The largest absolute Gasteiger partial charge is 0.462 e. The third-order valence-electron chi connectivity index (χ3n) is 13.2. The summed E-state index contributed by atoms with van der Waals surface area (Å²) in [4.78, 5) is 38.3. The maximum absolute atomic E-state index is 12.9. The van der Waals surface area contributed by atoms with Crippen molar-refractivity contribution in [2.75, 3.05) is 13.2 Å². The summed E-state index contributed by atoms with van der Waals surface area (Å²) in [5.41, 5.74) is 0. The molecular formula is C65H114O6. The van der Waals surface area contributed by atoms with E-state index in [9.17, 15) is 14.4 Å². The molecule has 0 aromatic heterocycles. The fourth-order valence-corrected chi connectivity index (χ4v) is 8.53. The molecule has 0 saturated heterocycles. The molecule has 410 valence electrons. The van der Waals surface area contributed by atoms with E-state index in [0.717, 1.165) is 89.9 Å². The summed E-state index contributed by atoms with van der Waals surface area (Å²) in [5, 5.41) is 0. The van der Waals surface area contributed by atoms with Crippen LogP contribution in [0.4, 0.5) is 0 Å². The van der Waals surface area contributed by atoms with Gasteiger partial charge in [-0.25, -0.2) is 0 Å². The Balaban J connectivity index is 4.42. The van der Waals surface area contributed by atoms with Crippen LogP contribution in [0.2, 0.25) is 0 Å². The highest BCUT2D eigenvalue weighted by Gasteiger charge is 2.19. The Morgan fingerprint density at radius 3 is 0.831 bits per heavy atom. The second kappa shape index (κ2) is 59.4. The fraction of sp³-hybridized carbons (Fsp3) is 0.769. The van der Waals surface area contributed by atoms with Crippen LogP contribution < -0.4 is 0 Å². The summed E-state index contributed by atoms with van der Waals surface area (Å²) in [7, 11) is 0. The smallest absolute Gasteiger partial charge is 0.306 e. The molecule has 0 aliphatic heterocycles. The maximum atomic E-state index is 12.9. The van der Waals surface area contributed by atoms with Gasteiger partial charge in [-0.1, -0.05) is 241 Å². The van der Waals surface area contributed by atoms with Crippen molar-refractivity contribution >= 4 is 17.9 Å². The van der Waals surface area contributed by atoms with Crippen LogP contribution in [0.15, 0.2) is 72.9 Å². The van der Waals surface area contributed by atoms with Crippen LogP contribution in [0.1, 0.15) is 303 Å². The quantitative estimate of drug-likeness (QED) is 0.0261. The first kappa shape index (κ1) is 67.8. The van der Waals surface area contributed by atoms with E-state index in [2.05, 4.69) is 93.7 Å². The Bertz CT molecular complexity index is 1320. The number of esters is 3. The lowest BCUT2D eigenvalue weighted by Crippen LogP contribution is -2.30. The molecule has 6 nitrogen and oxygen atoms in total. The van der Waals surface area contributed by atoms with Crippen molar-refractivity contribution in [3.8, 4) is 0 Å². The fourth-order valence-electron chi connectivity index (χ4n) is 8.53. The van der Waals surface area contributed by atoms with Crippen molar-refractivity contribution in [1.82, 2.24) is 0 Å². The first-order chi connectivity index (χ1) is 35.0. The SMILES string of the molecule is CCCCC/C=C/C/C=C/C/C=C/CCCCCCC(=O)O[C@H](COC(=O)CCCCCCCCC/C=C/CCCCCCCC)COC(=O)CCCCCCCCCCC/C=C/C/C=C/CCCCC. The molecule has 0 aliphatic carbocycles. The summed E-state index contributed by atoms with van der Waals surface area (Å²) in [6.07, 6.45) is 76.0. The van der Waals surface area contributed by atoms with Gasteiger partial charge in [0.1, 0.15) is 13.2 Å². The zero-order valence-corrected chi connectivity index (χ0v) is 47.0. The first-order valence-electron chi connectivity index (χ1n) is 30.4. The first-order valence-corrected chi connectivity index (χ1v) is 30.4.